The molecule has 0 saturated heterocycles. The Balaban J connectivity index is 2.76. The molecule has 0 fully saturated rings. The summed E-state index contributed by atoms with van der Waals surface area (Å²) in [6.45, 7) is 6.90. The zero-order valence-corrected chi connectivity index (χ0v) is 8.49. The van der Waals surface area contributed by atoms with Crippen LogP contribution < -0.4 is 0 Å². The van der Waals surface area contributed by atoms with Crippen molar-refractivity contribution in [2.24, 2.45) is 15.9 Å². The van der Waals surface area contributed by atoms with Gasteiger partial charge < -0.3 is 0 Å². The molecule has 0 aromatic rings. The van der Waals surface area contributed by atoms with Crippen molar-refractivity contribution in [3.8, 4) is 0 Å². The van der Waals surface area contributed by atoms with Crippen LogP contribution in [0.15, 0.2) is 34.3 Å². The van der Waals surface area contributed by atoms with E-state index in [0.29, 0.717) is 5.92 Å². The summed E-state index contributed by atoms with van der Waals surface area (Å²) in [5.74, 6) is 1.27. The molecule has 0 amide bonds. The minimum absolute atomic E-state index is 0.409. The van der Waals surface area contributed by atoms with Crippen LogP contribution in [0.1, 0.15) is 20.8 Å². The van der Waals surface area contributed by atoms with E-state index in [1.165, 1.54) is 0 Å². The van der Waals surface area contributed by atoms with Crippen molar-refractivity contribution < 1.29 is 0 Å². The number of allylic oxidation sites excluding steroid dienone is 4. The van der Waals surface area contributed by atoms with Crippen LogP contribution in [0.4, 0.5) is 0 Å². The Morgan fingerprint density at radius 2 is 2.23 bits per heavy atom. The molecule has 0 aliphatic heterocycles. The van der Waals surface area contributed by atoms with Crippen molar-refractivity contribution in [2.75, 3.05) is 6.54 Å². The van der Waals surface area contributed by atoms with Crippen molar-refractivity contribution in [2.45, 2.75) is 20.8 Å². The van der Waals surface area contributed by atoms with Gasteiger partial charge in [0.15, 0.2) is 0 Å². The molecule has 0 aromatic carbocycles. The van der Waals surface area contributed by atoms with Crippen LogP contribution in [0.5, 0.6) is 0 Å². The molecule has 1 rings (SSSR count). The molecule has 0 radical (unpaired) electrons. The zero-order valence-electron chi connectivity index (χ0n) is 8.49. The predicted molar refractivity (Wildman–Crippen MR) is 58.5 cm³/mol. The van der Waals surface area contributed by atoms with Crippen LogP contribution in [0.3, 0.4) is 0 Å². The Morgan fingerprint density at radius 1 is 1.46 bits per heavy atom. The number of aliphatic imine (C=N–C) groups is 2. The maximum atomic E-state index is 4.44. The van der Waals surface area contributed by atoms with Gasteiger partial charge >= 0.3 is 0 Å². The average molecular weight is 176 g/mol. The first-order chi connectivity index (χ1) is 6.24. The monoisotopic (exact) mass is 176 g/mol. The van der Waals surface area contributed by atoms with Crippen molar-refractivity contribution in [3.05, 3.63) is 24.3 Å². The van der Waals surface area contributed by atoms with Gasteiger partial charge in [-0.2, -0.15) is 0 Å². The molecule has 2 heteroatoms. The highest BCUT2D eigenvalue weighted by Crippen LogP contribution is 2.08. The second-order valence-corrected chi connectivity index (χ2v) is 3.09. The zero-order chi connectivity index (χ0) is 9.68. The summed E-state index contributed by atoms with van der Waals surface area (Å²) in [7, 11) is 0. The molecule has 1 aliphatic carbocycles. The van der Waals surface area contributed by atoms with Crippen LogP contribution in [0.25, 0.3) is 0 Å². The summed E-state index contributed by atoms with van der Waals surface area (Å²) in [4.78, 5) is 8.66. The fraction of sp³-hybridized carbons (Fsp3) is 0.455. The van der Waals surface area contributed by atoms with E-state index in [2.05, 4.69) is 29.1 Å². The van der Waals surface area contributed by atoms with Gasteiger partial charge in [-0.15, -0.1) is 0 Å². The Kier molecular flexibility index (Phi) is 3.62. The summed E-state index contributed by atoms with van der Waals surface area (Å²) >= 11 is 0. The average Bonchev–Trinajstić information content (AvgIpc) is 2.09. The lowest BCUT2D eigenvalue weighted by Gasteiger charge is -2.09. The molecule has 1 aliphatic rings. The summed E-state index contributed by atoms with van der Waals surface area (Å²) in [6, 6.07) is 0. The predicted octanol–water partition coefficient (Wildman–Crippen LogP) is 2.63. The summed E-state index contributed by atoms with van der Waals surface area (Å²) in [6.07, 6.45) is 8.24. The van der Waals surface area contributed by atoms with E-state index in [0.717, 1.165) is 18.1 Å². The van der Waals surface area contributed by atoms with Crippen LogP contribution >= 0.6 is 0 Å². The van der Waals surface area contributed by atoms with Crippen molar-refractivity contribution in [1.82, 2.24) is 0 Å². The highest BCUT2D eigenvalue weighted by atomic mass is 14.9. The van der Waals surface area contributed by atoms with Crippen molar-refractivity contribution in [1.29, 1.82) is 0 Å². The van der Waals surface area contributed by atoms with E-state index in [1.807, 2.05) is 26.0 Å². The fourth-order valence-electron chi connectivity index (χ4n) is 1.23. The summed E-state index contributed by atoms with van der Waals surface area (Å²) < 4.78 is 0. The minimum atomic E-state index is 0.409. The second kappa shape index (κ2) is 4.75. The van der Waals surface area contributed by atoms with Crippen molar-refractivity contribution >= 4 is 11.5 Å². The maximum Gasteiger partial charge on any atom is 0.120 e. The molecule has 1 unspecified atom stereocenters. The topological polar surface area (TPSA) is 24.7 Å². The molecule has 13 heavy (non-hydrogen) atoms. The van der Waals surface area contributed by atoms with E-state index in [1.54, 1.807) is 0 Å². The van der Waals surface area contributed by atoms with Gasteiger partial charge in [0, 0.05) is 18.2 Å². The van der Waals surface area contributed by atoms with Crippen LogP contribution in [-0.2, 0) is 0 Å². The highest BCUT2D eigenvalue weighted by molar-refractivity contribution is 6.05. The highest BCUT2D eigenvalue weighted by Gasteiger charge is 2.06. The molecule has 0 aromatic heterocycles. The number of rotatable bonds is 1. The Morgan fingerprint density at radius 3 is 2.85 bits per heavy atom. The molecule has 0 bridgehead atoms. The molecule has 70 valence electrons. The lowest BCUT2D eigenvalue weighted by Crippen LogP contribution is -2.09. The Labute approximate surface area is 79.8 Å². The van der Waals surface area contributed by atoms with Crippen LogP contribution in [0.2, 0.25) is 0 Å². The van der Waals surface area contributed by atoms with Gasteiger partial charge in [0.1, 0.15) is 5.84 Å². The molecule has 0 spiro atoms. The molecular formula is C11H16N2. The van der Waals surface area contributed by atoms with E-state index in [9.17, 15) is 0 Å². The van der Waals surface area contributed by atoms with E-state index < -0.39 is 0 Å². The fourth-order valence-corrected chi connectivity index (χ4v) is 1.23. The van der Waals surface area contributed by atoms with Gasteiger partial charge in [0.25, 0.3) is 0 Å². The molecule has 1 atom stereocenters. The summed E-state index contributed by atoms with van der Waals surface area (Å²) in [5, 5.41) is 0. The maximum absolute atomic E-state index is 4.44. The Hall–Kier alpha value is -1.18. The van der Waals surface area contributed by atoms with Gasteiger partial charge in [0.05, 0.1) is 0 Å². The smallest absolute Gasteiger partial charge is 0.120 e. The number of nitrogens with zero attached hydrogens (tertiary/aromatic N) is 2. The van der Waals surface area contributed by atoms with Gasteiger partial charge in [-0.05, 0) is 19.9 Å². The first-order valence-corrected chi connectivity index (χ1v) is 4.68. The third kappa shape index (κ3) is 2.98. The molecule has 0 heterocycles. The van der Waals surface area contributed by atoms with Gasteiger partial charge in [-0.1, -0.05) is 25.2 Å². The van der Waals surface area contributed by atoms with E-state index >= 15 is 0 Å². The van der Waals surface area contributed by atoms with E-state index in [4.69, 9.17) is 0 Å². The standard InChI is InChI=1S/C11H16N2/c1-4-12-10(3)13-11-8-6-5-7-9(11)2/h5-9H,4H2,1-3H3. The first-order valence-electron chi connectivity index (χ1n) is 4.68. The number of amidine groups is 1. The normalized spacial score (nSPS) is 25.6. The quantitative estimate of drug-likeness (QED) is 0.433. The number of hydrogen-bond acceptors (Lipinski definition) is 1. The van der Waals surface area contributed by atoms with E-state index in [-0.39, 0.29) is 0 Å². The minimum Gasteiger partial charge on any atom is -0.271 e. The number of hydrogen-bond donors (Lipinski definition) is 0. The third-order valence-electron chi connectivity index (χ3n) is 1.92. The molecule has 0 N–H and O–H groups in total. The lowest BCUT2D eigenvalue weighted by molar-refractivity contribution is 0.996. The SMILES string of the molecule is CCN=C(C)N=C1C=CC=CC1C. The molecule has 2 nitrogen and oxygen atoms in total. The Bertz CT molecular complexity index is 282. The second-order valence-electron chi connectivity index (χ2n) is 3.09. The van der Waals surface area contributed by atoms with Crippen LogP contribution in [-0.4, -0.2) is 18.1 Å². The largest absolute Gasteiger partial charge is 0.271 e. The van der Waals surface area contributed by atoms with Gasteiger partial charge in [-0.3, -0.25) is 4.99 Å². The lowest BCUT2D eigenvalue weighted by atomic mass is 10.0. The first kappa shape index (κ1) is 9.90. The summed E-state index contributed by atoms with van der Waals surface area (Å²) in [5.41, 5.74) is 1.09. The van der Waals surface area contributed by atoms with Gasteiger partial charge in [0.2, 0.25) is 0 Å². The van der Waals surface area contributed by atoms with Crippen LogP contribution in [0, 0.1) is 5.92 Å². The molecular weight excluding hydrogens is 160 g/mol. The van der Waals surface area contributed by atoms with Gasteiger partial charge in [-0.25, -0.2) is 4.99 Å². The third-order valence-corrected chi connectivity index (χ3v) is 1.92. The molecule has 0 saturated carbocycles. The van der Waals surface area contributed by atoms with Crippen molar-refractivity contribution in [3.63, 3.8) is 0 Å².